The average Bonchev–Trinajstić information content (AvgIpc) is 3.18. The van der Waals surface area contributed by atoms with Crippen molar-refractivity contribution in [3.05, 3.63) is 59.9 Å². The number of rotatable bonds is 5. The molecule has 0 atom stereocenters. The summed E-state index contributed by atoms with van der Waals surface area (Å²) in [6.07, 6.45) is 6.16. The van der Waals surface area contributed by atoms with Crippen molar-refractivity contribution in [2.24, 2.45) is 0 Å². The first-order valence-corrected chi connectivity index (χ1v) is 8.87. The second-order valence-corrected chi connectivity index (χ2v) is 6.32. The number of thioether (sulfide) groups is 1. The van der Waals surface area contributed by atoms with Crippen molar-refractivity contribution in [3.63, 3.8) is 0 Å². The van der Waals surface area contributed by atoms with E-state index in [9.17, 15) is 4.79 Å². The summed E-state index contributed by atoms with van der Waals surface area (Å²) in [7, 11) is 0. The molecule has 112 valence electrons. The second-order valence-electron chi connectivity index (χ2n) is 4.64. The standard InChI is InChI=1S/C16H15N3OS2/c1-21-14-7-3-2-6-13(14)18-15(20)10-12-11-22-16(17-12)19-8-4-5-9-19/h2-9,11H,10H2,1H3,(H,18,20). The number of hydrogen-bond acceptors (Lipinski definition) is 4. The van der Waals surface area contributed by atoms with Gasteiger partial charge in [0.05, 0.1) is 17.8 Å². The van der Waals surface area contributed by atoms with Crippen LogP contribution in [0, 0.1) is 0 Å². The number of benzene rings is 1. The van der Waals surface area contributed by atoms with Gasteiger partial charge in [0.1, 0.15) is 0 Å². The predicted octanol–water partition coefficient (Wildman–Crippen LogP) is 3.84. The molecule has 0 saturated heterocycles. The van der Waals surface area contributed by atoms with Crippen LogP contribution >= 0.6 is 23.1 Å². The first-order valence-electron chi connectivity index (χ1n) is 6.77. The van der Waals surface area contributed by atoms with Crippen molar-refractivity contribution in [3.8, 4) is 5.13 Å². The smallest absolute Gasteiger partial charge is 0.230 e. The molecule has 0 bridgehead atoms. The van der Waals surface area contributed by atoms with Crippen molar-refractivity contribution in [1.82, 2.24) is 9.55 Å². The van der Waals surface area contributed by atoms with Crippen LogP contribution in [0.15, 0.2) is 59.1 Å². The molecule has 1 aromatic carbocycles. The van der Waals surface area contributed by atoms with Gasteiger partial charge >= 0.3 is 0 Å². The number of amides is 1. The monoisotopic (exact) mass is 329 g/mol. The summed E-state index contributed by atoms with van der Waals surface area (Å²) < 4.78 is 1.94. The van der Waals surface area contributed by atoms with Crippen molar-refractivity contribution in [2.45, 2.75) is 11.3 Å². The van der Waals surface area contributed by atoms with Gasteiger partial charge in [-0.1, -0.05) is 12.1 Å². The Morgan fingerprint density at radius 1 is 1.27 bits per heavy atom. The van der Waals surface area contributed by atoms with E-state index in [0.717, 1.165) is 21.4 Å². The van der Waals surface area contributed by atoms with Crippen LogP contribution in [0.2, 0.25) is 0 Å². The van der Waals surface area contributed by atoms with E-state index in [1.54, 1.807) is 11.8 Å². The fraction of sp³-hybridized carbons (Fsp3) is 0.125. The fourth-order valence-electron chi connectivity index (χ4n) is 2.06. The fourth-order valence-corrected chi connectivity index (χ4v) is 3.41. The molecule has 3 aromatic rings. The van der Waals surface area contributed by atoms with Gasteiger partial charge in [0.25, 0.3) is 0 Å². The largest absolute Gasteiger partial charge is 0.325 e. The minimum Gasteiger partial charge on any atom is -0.325 e. The summed E-state index contributed by atoms with van der Waals surface area (Å²) in [4.78, 5) is 17.7. The summed E-state index contributed by atoms with van der Waals surface area (Å²) in [6.45, 7) is 0. The number of carbonyl (C=O) groups is 1. The van der Waals surface area contributed by atoms with Crippen LogP contribution < -0.4 is 5.32 Å². The van der Waals surface area contributed by atoms with E-state index in [-0.39, 0.29) is 12.3 Å². The lowest BCUT2D eigenvalue weighted by Gasteiger charge is -2.08. The van der Waals surface area contributed by atoms with Gasteiger partial charge in [-0.25, -0.2) is 4.98 Å². The van der Waals surface area contributed by atoms with Gasteiger partial charge in [-0.05, 0) is 30.5 Å². The Morgan fingerprint density at radius 3 is 2.82 bits per heavy atom. The van der Waals surface area contributed by atoms with Gasteiger partial charge in [-0.15, -0.1) is 23.1 Å². The maximum atomic E-state index is 12.2. The summed E-state index contributed by atoms with van der Waals surface area (Å²) in [5.41, 5.74) is 1.63. The van der Waals surface area contributed by atoms with Gasteiger partial charge in [0, 0.05) is 22.7 Å². The van der Waals surface area contributed by atoms with E-state index >= 15 is 0 Å². The van der Waals surface area contributed by atoms with Gasteiger partial charge in [0.2, 0.25) is 5.91 Å². The van der Waals surface area contributed by atoms with Gasteiger partial charge < -0.3 is 9.88 Å². The number of aromatic nitrogens is 2. The lowest BCUT2D eigenvalue weighted by Crippen LogP contribution is -2.15. The van der Waals surface area contributed by atoms with Crippen LogP contribution in [0.3, 0.4) is 0 Å². The molecule has 2 aromatic heterocycles. The summed E-state index contributed by atoms with van der Waals surface area (Å²) in [5.74, 6) is -0.0501. The molecule has 6 heteroatoms. The molecule has 3 rings (SSSR count). The van der Waals surface area contributed by atoms with Crippen molar-refractivity contribution >= 4 is 34.7 Å². The Hall–Kier alpha value is -2.05. The molecule has 0 radical (unpaired) electrons. The quantitative estimate of drug-likeness (QED) is 0.724. The Kier molecular flexibility index (Phi) is 4.60. The van der Waals surface area contributed by atoms with Crippen molar-refractivity contribution in [2.75, 3.05) is 11.6 Å². The zero-order valence-electron chi connectivity index (χ0n) is 12.0. The van der Waals surface area contributed by atoms with E-state index < -0.39 is 0 Å². The molecule has 0 aliphatic carbocycles. The number of carbonyl (C=O) groups excluding carboxylic acids is 1. The maximum Gasteiger partial charge on any atom is 0.230 e. The molecular weight excluding hydrogens is 314 g/mol. The zero-order chi connectivity index (χ0) is 15.4. The molecule has 0 unspecified atom stereocenters. The molecule has 0 saturated carbocycles. The molecule has 4 nitrogen and oxygen atoms in total. The molecule has 0 aliphatic rings. The SMILES string of the molecule is CSc1ccccc1NC(=O)Cc1csc(-n2cccc2)n1. The first kappa shape index (κ1) is 14.9. The summed E-state index contributed by atoms with van der Waals surface area (Å²) >= 11 is 3.15. The zero-order valence-corrected chi connectivity index (χ0v) is 13.7. The molecule has 0 spiro atoms. The molecule has 1 N–H and O–H groups in total. The molecule has 22 heavy (non-hydrogen) atoms. The number of nitrogens with zero attached hydrogens (tertiary/aromatic N) is 2. The predicted molar refractivity (Wildman–Crippen MR) is 92.0 cm³/mol. The minimum absolute atomic E-state index is 0.0501. The topological polar surface area (TPSA) is 46.9 Å². The Balaban J connectivity index is 1.67. The van der Waals surface area contributed by atoms with Crippen molar-refractivity contribution in [1.29, 1.82) is 0 Å². The molecule has 0 fully saturated rings. The molecule has 2 heterocycles. The van der Waals surface area contributed by atoms with Crippen LogP contribution in [0.1, 0.15) is 5.69 Å². The van der Waals surface area contributed by atoms with E-state index in [0.29, 0.717) is 0 Å². The van der Waals surface area contributed by atoms with Crippen LogP contribution in [0.4, 0.5) is 5.69 Å². The Labute approximate surface area is 137 Å². The van der Waals surface area contributed by atoms with Gasteiger partial charge in [-0.3, -0.25) is 4.79 Å². The van der Waals surface area contributed by atoms with Crippen LogP contribution in [-0.2, 0) is 11.2 Å². The van der Waals surface area contributed by atoms with E-state index in [1.165, 1.54) is 11.3 Å². The summed E-state index contributed by atoms with van der Waals surface area (Å²) in [6, 6.07) is 11.7. The Morgan fingerprint density at radius 2 is 2.05 bits per heavy atom. The third kappa shape index (κ3) is 3.40. The molecular formula is C16H15N3OS2. The van der Waals surface area contributed by atoms with Crippen LogP contribution in [-0.4, -0.2) is 21.7 Å². The van der Waals surface area contributed by atoms with E-state index in [2.05, 4.69) is 10.3 Å². The average molecular weight is 329 g/mol. The highest BCUT2D eigenvalue weighted by Gasteiger charge is 2.10. The normalized spacial score (nSPS) is 10.6. The highest BCUT2D eigenvalue weighted by Crippen LogP contribution is 2.24. The third-order valence-electron chi connectivity index (χ3n) is 3.09. The van der Waals surface area contributed by atoms with Gasteiger partial charge in [0.15, 0.2) is 5.13 Å². The highest BCUT2D eigenvalue weighted by molar-refractivity contribution is 7.98. The minimum atomic E-state index is -0.0501. The first-order chi connectivity index (χ1) is 10.8. The van der Waals surface area contributed by atoms with E-state index in [4.69, 9.17) is 0 Å². The Bertz CT molecular complexity index is 765. The molecule has 0 aliphatic heterocycles. The van der Waals surface area contributed by atoms with Crippen LogP contribution in [0.5, 0.6) is 0 Å². The van der Waals surface area contributed by atoms with Gasteiger partial charge in [-0.2, -0.15) is 0 Å². The van der Waals surface area contributed by atoms with Crippen molar-refractivity contribution < 1.29 is 4.79 Å². The number of anilines is 1. The number of nitrogens with one attached hydrogen (secondary N) is 1. The lowest BCUT2D eigenvalue weighted by atomic mass is 10.3. The highest BCUT2D eigenvalue weighted by atomic mass is 32.2. The number of hydrogen-bond donors (Lipinski definition) is 1. The summed E-state index contributed by atoms with van der Waals surface area (Å²) in [5, 5.41) is 5.75. The lowest BCUT2D eigenvalue weighted by molar-refractivity contribution is -0.115. The molecule has 1 amide bonds. The number of thiazole rings is 1. The van der Waals surface area contributed by atoms with Crippen LogP contribution in [0.25, 0.3) is 5.13 Å². The number of para-hydroxylation sites is 1. The third-order valence-corrected chi connectivity index (χ3v) is 4.79. The van der Waals surface area contributed by atoms with E-state index in [1.807, 2.05) is 65.0 Å². The maximum absolute atomic E-state index is 12.2. The second kappa shape index (κ2) is 6.81.